The van der Waals surface area contributed by atoms with E-state index in [-0.39, 0.29) is 49.2 Å². The molecule has 0 unspecified atom stereocenters. The maximum Gasteiger partial charge on any atom is 0.242 e. The number of thioether (sulfide) groups is 1. The lowest BCUT2D eigenvalue weighted by Crippen LogP contribution is -2.44. The van der Waals surface area contributed by atoms with Crippen molar-refractivity contribution in [3.63, 3.8) is 0 Å². The van der Waals surface area contributed by atoms with Gasteiger partial charge in [-0.1, -0.05) is 60.2 Å². The van der Waals surface area contributed by atoms with E-state index in [1.165, 1.54) is 22.9 Å². The summed E-state index contributed by atoms with van der Waals surface area (Å²) in [6.07, 6.45) is 1.43. The summed E-state index contributed by atoms with van der Waals surface area (Å²) in [5.41, 5.74) is 2.58. The van der Waals surface area contributed by atoms with Crippen LogP contribution >= 0.6 is 11.8 Å². The first-order valence-corrected chi connectivity index (χ1v) is 13.7. The van der Waals surface area contributed by atoms with Crippen molar-refractivity contribution >= 4 is 34.5 Å². The smallest absolute Gasteiger partial charge is 0.242 e. The number of fused-ring (bicyclic) bond motifs is 1. The molecule has 0 aliphatic heterocycles. The minimum atomic E-state index is -0.267. The molecule has 0 aliphatic carbocycles. The van der Waals surface area contributed by atoms with Crippen LogP contribution in [0.2, 0.25) is 0 Å². The summed E-state index contributed by atoms with van der Waals surface area (Å²) in [5, 5.41) is 0.481. The Morgan fingerprint density at radius 2 is 1.62 bits per heavy atom. The van der Waals surface area contributed by atoms with Gasteiger partial charge in [0.2, 0.25) is 11.8 Å². The lowest BCUT2D eigenvalue weighted by molar-refractivity contribution is -0.140. The molecular weight excluding hydrogens is 512 g/mol. The molecule has 7 nitrogen and oxygen atoms in total. The highest BCUT2D eigenvalue weighted by atomic mass is 32.2. The summed E-state index contributed by atoms with van der Waals surface area (Å²) in [7, 11) is 1.56. The van der Waals surface area contributed by atoms with Gasteiger partial charge in [0.05, 0.1) is 42.7 Å². The molecule has 0 N–H and O–H groups in total. The van der Waals surface area contributed by atoms with E-state index in [1.807, 2.05) is 73.7 Å². The summed E-state index contributed by atoms with van der Waals surface area (Å²) >= 11 is 1.42. The Bertz CT molecular complexity index is 1460. The van der Waals surface area contributed by atoms with Crippen LogP contribution in [-0.4, -0.2) is 54.2 Å². The Kier molecular flexibility index (Phi) is 9.94. The summed E-state index contributed by atoms with van der Waals surface area (Å²) in [5.74, 6) is -0.223. The third-order valence-corrected chi connectivity index (χ3v) is 7.28. The van der Waals surface area contributed by atoms with Crippen LogP contribution < -0.4 is 5.43 Å². The molecule has 4 rings (SSSR count). The Morgan fingerprint density at radius 3 is 2.33 bits per heavy atom. The first-order chi connectivity index (χ1) is 18.9. The van der Waals surface area contributed by atoms with E-state index in [0.29, 0.717) is 23.1 Å². The maximum atomic E-state index is 13.7. The summed E-state index contributed by atoms with van der Waals surface area (Å²) in [6.45, 7) is 2.73. The fraction of sp³-hybridized carbons (Fsp3) is 0.258. The number of rotatable bonds is 12. The van der Waals surface area contributed by atoms with Gasteiger partial charge in [0.15, 0.2) is 5.43 Å². The molecule has 1 heterocycles. The second-order valence-corrected chi connectivity index (χ2v) is 10.3. The van der Waals surface area contributed by atoms with Crippen molar-refractivity contribution in [3.8, 4) is 0 Å². The van der Waals surface area contributed by atoms with Crippen LogP contribution in [0.1, 0.15) is 16.7 Å². The number of carbonyl (C=O) groups excluding carboxylic acids is 2. The van der Waals surface area contributed by atoms with Crippen molar-refractivity contribution in [2.24, 2.45) is 0 Å². The van der Waals surface area contributed by atoms with Crippen molar-refractivity contribution in [3.05, 3.63) is 112 Å². The number of nitrogens with zero attached hydrogens (tertiary/aromatic N) is 2. The highest BCUT2D eigenvalue weighted by Crippen LogP contribution is 2.18. The zero-order chi connectivity index (χ0) is 27.6. The van der Waals surface area contributed by atoms with E-state index < -0.39 is 0 Å². The van der Waals surface area contributed by atoms with E-state index >= 15 is 0 Å². The lowest BCUT2D eigenvalue weighted by Gasteiger charge is -2.28. The molecule has 0 atom stereocenters. The Morgan fingerprint density at radius 1 is 0.897 bits per heavy atom. The van der Waals surface area contributed by atoms with E-state index in [1.54, 1.807) is 24.1 Å². The molecule has 2 amide bonds. The summed E-state index contributed by atoms with van der Waals surface area (Å²) in [6, 6.07) is 24.7. The van der Waals surface area contributed by atoms with Crippen LogP contribution in [0.25, 0.3) is 11.0 Å². The predicted molar refractivity (Wildman–Crippen MR) is 154 cm³/mol. The highest BCUT2D eigenvalue weighted by Gasteiger charge is 2.23. The third kappa shape index (κ3) is 7.81. The Labute approximate surface area is 232 Å². The number of aryl methyl sites for hydroxylation is 1. The molecule has 3 aromatic carbocycles. The largest absolute Gasteiger partial charge is 0.464 e. The first-order valence-electron chi connectivity index (χ1n) is 12.7. The van der Waals surface area contributed by atoms with E-state index in [0.717, 1.165) is 16.0 Å². The molecule has 202 valence electrons. The van der Waals surface area contributed by atoms with E-state index in [9.17, 15) is 14.4 Å². The van der Waals surface area contributed by atoms with Crippen LogP contribution in [0.3, 0.4) is 0 Å². The predicted octanol–water partition coefficient (Wildman–Crippen LogP) is 4.90. The zero-order valence-electron chi connectivity index (χ0n) is 22.2. The van der Waals surface area contributed by atoms with Gasteiger partial charge in [-0.2, -0.15) is 0 Å². The molecule has 39 heavy (non-hydrogen) atoms. The highest BCUT2D eigenvalue weighted by molar-refractivity contribution is 8.00. The molecule has 4 aromatic rings. The van der Waals surface area contributed by atoms with Gasteiger partial charge in [-0.15, -0.1) is 11.8 Å². The first kappa shape index (κ1) is 28.1. The monoisotopic (exact) mass is 544 g/mol. The number of carbonyl (C=O) groups is 2. The number of methoxy groups -OCH3 is 1. The van der Waals surface area contributed by atoms with Gasteiger partial charge in [-0.05, 0) is 36.8 Å². The number of ether oxygens (including phenoxy) is 1. The Hall–Kier alpha value is -3.88. The maximum absolute atomic E-state index is 13.7. The Balaban J connectivity index is 1.55. The van der Waals surface area contributed by atoms with Gasteiger partial charge in [0, 0.05) is 25.1 Å². The zero-order valence-corrected chi connectivity index (χ0v) is 23.0. The van der Waals surface area contributed by atoms with E-state index in [2.05, 4.69) is 0 Å². The van der Waals surface area contributed by atoms with Crippen molar-refractivity contribution in [2.45, 2.75) is 24.9 Å². The third-order valence-electron chi connectivity index (χ3n) is 6.28. The number of hydrogen-bond donors (Lipinski definition) is 0. The second kappa shape index (κ2) is 13.8. The fourth-order valence-corrected chi connectivity index (χ4v) is 4.97. The van der Waals surface area contributed by atoms with Crippen molar-refractivity contribution < 1.29 is 18.7 Å². The molecule has 8 heteroatoms. The minimum Gasteiger partial charge on any atom is -0.464 e. The molecule has 1 aromatic heterocycles. The number of benzene rings is 3. The van der Waals surface area contributed by atoms with Gasteiger partial charge < -0.3 is 19.0 Å². The van der Waals surface area contributed by atoms with Gasteiger partial charge in [0.25, 0.3) is 0 Å². The molecule has 0 saturated heterocycles. The fourth-order valence-electron chi connectivity index (χ4n) is 4.15. The van der Waals surface area contributed by atoms with Crippen LogP contribution in [0.5, 0.6) is 0 Å². The molecule has 0 bridgehead atoms. The van der Waals surface area contributed by atoms with Gasteiger partial charge in [-0.25, -0.2) is 0 Å². The normalized spacial score (nSPS) is 10.9. The van der Waals surface area contributed by atoms with Crippen molar-refractivity contribution in [1.29, 1.82) is 0 Å². The average molecular weight is 545 g/mol. The second-order valence-electron chi connectivity index (χ2n) is 9.23. The van der Waals surface area contributed by atoms with Gasteiger partial charge >= 0.3 is 0 Å². The van der Waals surface area contributed by atoms with Crippen LogP contribution in [0.15, 0.2) is 99.2 Å². The van der Waals surface area contributed by atoms with Gasteiger partial charge in [0.1, 0.15) is 5.58 Å². The molecule has 0 fully saturated rings. The lowest BCUT2D eigenvalue weighted by atomic mass is 10.1. The number of amides is 2. The van der Waals surface area contributed by atoms with Crippen LogP contribution in [0.4, 0.5) is 0 Å². The van der Waals surface area contributed by atoms with Crippen molar-refractivity contribution in [2.75, 3.05) is 32.6 Å². The molecule has 0 aliphatic rings. The molecule has 0 spiro atoms. The van der Waals surface area contributed by atoms with Crippen molar-refractivity contribution in [1.82, 2.24) is 9.80 Å². The molecule has 0 radical (unpaired) electrons. The van der Waals surface area contributed by atoms with E-state index in [4.69, 9.17) is 9.15 Å². The number of hydrogen-bond acceptors (Lipinski definition) is 6. The molecule has 0 saturated carbocycles. The summed E-state index contributed by atoms with van der Waals surface area (Å²) in [4.78, 5) is 44.2. The molecular formula is C31H32N2O5S. The standard InChI is InChI=1S/C31H32N2O5S/c1-23-13-14-28-27(17-23)31(36)25(21-38-28)19-33(18-24-9-5-3-6-10-24)29(34)20-32(15-16-37-2)30(35)22-39-26-11-7-4-8-12-26/h3-14,17,21H,15-16,18-20,22H2,1-2H3. The summed E-state index contributed by atoms with van der Waals surface area (Å²) < 4.78 is 10.9. The topological polar surface area (TPSA) is 80.1 Å². The SMILES string of the molecule is COCCN(CC(=O)N(Cc1ccccc1)Cc1coc2ccc(C)cc2c1=O)C(=O)CSc1ccccc1. The van der Waals surface area contributed by atoms with Gasteiger partial charge in [-0.3, -0.25) is 14.4 Å². The average Bonchev–Trinajstić information content (AvgIpc) is 2.96. The quantitative estimate of drug-likeness (QED) is 0.236. The minimum absolute atomic E-state index is 0.0605. The van der Waals surface area contributed by atoms with Crippen LogP contribution in [0, 0.1) is 6.92 Å². The van der Waals surface area contributed by atoms with Crippen LogP contribution in [-0.2, 0) is 27.4 Å².